The molecule has 1 unspecified atom stereocenters. The van der Waals surface area contributed by atoms with Crippen LogP contribution in [-0.2, 0) is 23.5 Å². The van der Waals surface area contributed by atoms with Gasteiger partial charge < -0.3 is 5.32 Å². The maximum atomic E-state index is 12.8. The van der Waals surface area contributed by atoms with Gasteiger partial charge in [-0.15, -0.1) is 22.9 Å². The van der Waals surface area contributed by atoms with Crippen molar-refractivity contribution in [2.75, 3.05) is 0 Å². The van der Waals surface area contributed by atoms with E-state index in [9.17, 15) is 9.18 Å². The van der Waals surface area contributed by atoms with Gasteiger partial charge in [0.25, 0.3) is 0 Å². The molecule has 0 saturated carbocycles. The number of carbonyl (C=O) groups excluding carboxylic acids is 1. The molecule has 0 aliphatic rings. The minimum Gasteiger partial charge on any atom is -0.353 e. The Labute approximate surface area is 132 Å². The van der Waals surface area contributed by atoms with Crippen molar-refractivity contribution in [2.45, 2.75) is 31.7 Å². The molecule has 1 heterocycles. The van der Waals surface area contributed by atoms with Crippen LogP contribution >= 0.6 is 22.9 Å². The number of alkyl halides is 1. The van der Waals surface area contributed by atoms with Crippen LogP contribution in [0.4, 0.5) is 4.39 Å². The van der Waals surface area contributed by atoms with Crippen molar-refractivity contribution >= 4 is 28.8 Å². The molecule has 1 aromatic heterocycles. The molecule has 3 nitrogen and oxygen atoms in total. The number of nitrogens with one attached hydrogen (secondary N) is 1. The molecular formula is C15H16ClFN2OS. The average molecular weight is 327 g/mol. The lowest BCUT2D eigenvalue weighted by molar-refractivity contribution is -0.121. The Hall–Kier alpha value is -1.46. The number of hydrogen-bond donors (Lipinski definition) is 1. The maximum Gasteiger partial charge on any atom is 0.227 e. The van der Waals surface area contributed by atoms with Crippen LogP contribution in [0.2, 0.25) is 0 Å². The summed E-state index contributed by atoms with van der Waals surface area (Å²) in [6.07, 6.45) is 0.923. The predicted molar refractivity (Wildman–Crippen MR) is 83.1 cm³/mol. The third-order valence-corrected chi connectivity index (χ3v) is 4.08. The number of halogens is 2. The maximum absolute atomic E-state index is 12.8. The zero-order valence-electron chi connectivity index (χ0n) is 11.6. The highest BCUT2D eigenvalue weighted by Crippen LogP contribution is 2.12. The first-order valence-electron chi connectivity index (χ1n) is 6.60. The number of carbonyl (C=O) groups is 1. The van der Waals surface area contributed by atoms with E-state index in [1.807, 2.05) is 12.3 Å². The van der Waals surface area contributed by atoms with Gasteiger partial charge in [0.2, 0.25) is 5.91 Å². The van der Waals surface area contributed by atoms with E-state index in [0.717, 1.165) is 16.3 Å². The van der Waals surface area contributed by atoms with Crippen molar-refractivity contribution in [2.24, 2.45) is 0 Å². The van der Waals surface area contributed by atoms with E-state index in [1.54, 1.807) is 12.1 Å². The highest BCUT2D eigenvalue weighted by molar-refractivity contribution is 7.09. The van der Waals surface area contributed by atoms with Crippen molar-refractivity contribution in [3.63, 3.8) is 0 Å². The monoisotopic (exact) mass is 326 g/mol. The number of benzene rings is 1. The van der Waals surface area contributed by atoms with E-state index in [-0.39, 0.29) is 24.2 Å². The fraction of sp³-hybridized carbons (Fsp3) is 0.333. The summed E-state index contributed by atoms with van der Waals surface area (Å²) in [5, 5.41) is 5.54. The van der Waals surface area contributed by atoms with Crippen LogP contribution < -0.4 is 5.32 Å². The quantitative estimate of drug-likeness (QED) is 0.827. The molecule has 0 aliphatic heterocycles. The molecule has 0 radical (unpaired) electrons. The van der Waals surface area contributed by atoms with E-state index >= 15 is 0 Å². The number of thiazole rings is 1. The molecule has 1 N–H and O–H groups in total. The molecule has 0 saturated heterocycles. The number of nitrogens with zero attached hydrogens (tertiary/aromatic N) is 1. The standard InChI is InChI=1S/C15H16ClFN2OS/c1-10(6-11-2-4-12(17)5-3-11)18-14(20)7-15-19-13(8-16)9-21-15/h2-5,9-10H,6-8H2,1H3,(H,18,20). The van der Waals surface area contributed by atoms with Crippen LogP contribution in [0.25, 0.3) is 0 Å². The molecule has 0 fully saturated rings. The van der Waals surface area contributed by atoms with Crippen LogP contribution in [0.1, 0.15) is 23.2 Å². The van der Waals surface area contributed by atoms with Crippen molar-refractivity contribution in [3.05, 3.63) is 51.7 Å². The topological polar surface area (TPSA) is 42.0 Å². The van der Waals surface area contributed by atoms with Gasteiger partial charge in [-0.05, 0) is 31.0 Å². The van der Waals surface area contributed by atoms with Gasteiger partial charge in [-0.25, -0.2) is 9.37 Å². The first-order valence-corrected chi connectivity index (χ1v) is 8.01. The molecule has 0 bridgehead atoms. The second kappa shape index (κ2) is 7.52. The Morgan fingerprint density at radius 2 is 2.14 bits per heavy atom. The summed E-state index contributed by atoms with van der Waals surface area (Å²) in [7, 11) is 0. The molecular weight excluding hydrogens is 311 g/mol. The lowest BCUT2D eigenvalue weighted by Crippen LogP contribution is -2.35. The fourth-order valence-corrected chi connectivity index (χ4v) is 3.00. The summed E-state index contributed by atoms with van der Waals surface area (Å²) < 4.78 is 12.8. The minimum absolute atomic E-state index is 0.0181. The van der Waals surface area contributed by atoms with Crippen LogP contribution in [0.3, 0.4) is 0 Å². The van der Waals surface area contributed by atoms with E-state index in [4.69, 9.17) is 11.6 Å². The summed E-state index contributed by atoms with van der Waals surface area (Å²) in [5.41, 5.74) is 1.78. The second-order valence-corrected chi connectivity index (χ2v) is 6.05. The molecule has 1 aromatic carbocycles. The number of amides is 1. The van der Waals surface area contributed by atoms with Gasteiger partial charge in [0.1, 0.15) is 10.8 Å². The molecule has 112 valence electrons. The zero-order valence-corrected chi connectivity index (χ0v) is 13.2. The van der Waals surface area contributed by atoms with Gasteiger partial charge in [-0.3, -0.25) is 4.79 Å². The van der Waals surface area contributed by atoms with Crippen molar-refractivity contribution in [3.8, 4) is 0 Å². The summed E-state index contributed by atoms with van der Waals surface area (Å²) in [5.74, 6) is 0.0356. The van der Waals surface area contributed by atoms with Crippen LogP contribution in [0.15, 0.2) is 29.6 Å². The molecule has 0 aliphatic carbocycles. The Kier molecular flexibility index (Phi) is 5.70. The van der Waals surface area contributed by atoms with Gasteiger partial charge >= 0.3 is 0 Å². The van der Waals surface area contributed by atoms with E-state index in [2.05, 4.69) is 10.3 Å². The lowest BCUT2D eigenvalue weighted by atomic mass is 10.1. The highest BCUT2D eigenvalue weighted by atomic mass is 35.5. The minimum atomic E-state index is -0.255. The van der Waals surface area contributed by atoms with Crippen LogP contribution in [0.5, 0.6) is 0 Å². The molecule has 2 aromatic rings. The summed E-state index contributed by atoms with van der Waals surface area (Å²) >= 11 is 7.12. The third kappa shape index (κ3) is 5.10. The van der Waals surface area contributed by atoms with Gasteiger partial charge in [-0.1, -0.05) is 12.1 Å². The number of aromatic nitrogens is 1. The SMILES string of the molecule is CC(Cc1ccc(F)cc1)NC(=O)Cc1nc(CCl)cs1. The first-order chi connectivity index (χ1) is 10.1. The molecule has 21 heavy (non-hydrogen) atoms. The first kappa shape index (κ1) is 15.9. The van der Waals surface area contributed by atoms with Crippen LogP contribution in [-0.4, -0.2) is 16.9 Å². The van der Waals surface area contributed by atoms with Gasteiger partial charge in [0.05, 0.1) is 18.0 Å². The zero-order chi connectivity index (χ0) is 15.2. The summed E-state index contributed by atoms with van der Waals surface area (Å²) in [6, 6.07) is 6.28. The van der Waals surface area contributed by atoms with Crippen molar-refractivity contribution in [1.82, 2.24) is 10.3 Å². The summed E-state index contributed by atoms with van der Waals surface area (Å²) in [6.45, 7) is 1.92. The highest BCUT2D eigenvalue weighted by Gasteiger charge is 2.11. The molecule has 2 rings (SSSR count). The van der Waals surface area contributed by atoms with Gasteiger partial charge in [-0.2, -0.15) is 0 Å². The fourth-order valence-electron chi connectivity index (χ4n) is 1.98. The van der Waals surface area contributed by atoms with E-state index in [0.29, 0.717) is 12.3 Å². The Morgan fingerprint density at radius 1 is 1.43 bits per heavy atom. The van der Waals surface area contributed by atoms with E-state index < -0.39 is 0 Å². The second-order valence-electron chi connectivity index (χ2n) is 4.84. The summed E-state index contributed by atoms with van der Waals surface area (Å²) in [4.78, 5) is 16.2. The smallest absolute Gasteiger partial charge is 0.227 e. The average Bonchev–Trinajstić information content (AvgIpc) is 2.88. The van der Waals surface area contributed by atoms with Gasteiger partial charge in [0, 0.05) is 11.4 Å². The predicted octanol–water partition coefficient (Wildman–Crippen LogP) is 3.31. The third-order valence-electron chi connectivity index (χ3n) is 2.91. The Morgan fingerprint density at radius 3 is 2.76 bits per heavy atom. The van der Waals surface area contributed by atoms with Crippen molar-refractivity contribution in [1.29, 1.82) is 0 Å². The number of hydrogen-bond acceptors (Lipinski definition) is 3. The molecule has 0 spiro atoms. The van der Waals surface area contributed by atoms with Crippen molar-refractivity contribution < 1.29 is 9.18 Å². The molecule has 6 heteroatoms. The van der Waals surface area contributed by atoms with Crippen LogP contribution in [0, 0.1) is 5.82 Å². The Balaban J connectivity index is 1.82. The van der Waals surface area contributed by atoms with E-state index in [1.165, 1.54) is 23.5 Å². The largest absolute Gasteiger partial charge is 0.353 e. The lowest BCUT2D eigenvalue weighted by Gasteiger charge is -2.13. The van der Waals surface area contributed by atoms with Gasteiger partial charge in [0.15, 0.2) is 0 Å². The molecule has 1 amide bonds. The normalized spacial score (nSPS) is 12.1. The number of rotatable bonds is 6. The molecule has 1 atom stereocenters. The Bertz CT molecular complexity index is 600.